The van der Waals surface area contributed by atoms with E-state index in [1.807, 2.05) is 34.6 Å². The highest BCUT2D eigenvalue weighted by atomic mass is 32.2. The Balaban J connectivity index is 1.83. The van der Waals surface area contributed by atoms with Crippen molar-refractivity contribution in [3.63, 3.8) is 0 Å². The number of fused-ring (bicyclic) bond motifs is 1. The molecule has 0 aliphatic carbocycles. The summed E-state index contributed by atoms with van der Waals surface area (Å²) in [6, 6.07) is 6.97. The van der Waals surface area contributed by atoms with E-state index in [0.29, 0.717) is 18.1 Å². The molecule has 1 atom stereocenters. The topological polar surface area (TPSA) is 98.5 Å². The molecule has 0 saturated carbocycles. The molecule has 0 spiro atoms. The molecule has 2 aromatic heterocycles. The second kappa shape index (κ2) is 13.0. The third-order valence-corrected chi connectivity index (χ3v) is 7.67. The Hall–Kier alpha value is -3.68. The zero-order valence-corrected chi connectivity index (χ0v) is 27.6. The molecule has 4 rings (SSSR count). The molecule has 45 heavy (non-hydrogen) atoms. The second-order valence-electron chi connectivity index (χ2n) is 13.1. The first-order chi connectivity index (χ1) is 20.8. The van der Waals surface area contributed by atoms with Crippen molar-refractivity contribution < 1.29 is 37.0 Å². The van der Waals surface area contributed by atoms with E-state index in [4.69, 9.17) is 14.6 Å². The summed E-state index contributed by atoms with van der Waals surface area (Å²) >= 11 is 1.41. The van der Waals surface area contributed by atoms with Crippen LogP contribution in [0.5, 0.6) is 5.75 Å². The molecule has 246 valence electrons. The van der Waals surface area contributed by atoms with Crippen LogP contribution in [0, 0.1) is 0 Å². The number of rotatable bonds is 6. The Morgan fingerprint density at radius 1 is 1.02 bits per heavy atom. The summed E-state index contributed by atoms with van der Waals surface area (Å²) in [7, 11) is 0. The summed E-state index contributed by atoms with van der Waals surface area (Å²) < 4.78 is 57.7. The van der Waals surface area contributed by atoms with Crippen molar-refractivity contribution in [2.45, 2.75) is 102 Å². The Bertz CT molecular complexity index is 1530. The van der Waals surface area contributed by atoms with E-state index in [9.17, 15) is 22.8 Å². The van der Waals surface area contributed by atoms with Crippen molar-refractivity contribution in [3.8, 4) is 5.75 Å². The van der Waals surface area contributed by atoms with Crippen molar-refractivity contribution in [1.29, 1.82) is 0 Å². The monoisotopic (exact) mass is 651 g/mol. The number of carbonyl (C=O) groups excluding carboxylic acids is 2. The van der Waals surface area contributed by atoms with E-state index in [2.05, 4.69) is 9.72 Å². The second-order valence-corrected chi connectivity index (χ2v) is 14.4. The number of carbonyl (C=O) groups is 2. The molecule has 1 aliphatic rings. The summed E-state index contributed by atoms with van der Waals surface area (Å²) in [5, 5.41) is 5.24. The maximum Gasteiger partial charge on any atom is 0.573 e. The Labute approximate surface area is 265 Å². The van der Waals surface area contributed by atoms with E-state index in [-0.39, 0.29) is 28.2 Å². The van der Waals surface area contributed by atoms with Gasteiger partial charge in [-0.15, -0.1) is 13.2 Å². The summed E-state index contributed by atoms with van der Waals surface area (Å²) in [5.41, 5.74) is -0.652. The predicted molar refractivity (Wildman–Crippen MR) is 165 cm³/mol. The van der Waals surface area contributed by atoms with Gasteiger partial charge in [-0.25, -0.2) is 24.0 Å². The number of nitrogens with zero attached hydrogens (tertiary/aromatic N) is 5. The molecule has 2 amide bonds. The maximum absolute atomic E-state index is 13.8. The van der Waals surface area contributed by atoms with Crippen LogP contribution in [0.3, 0.4) is 0 Å². The van der Waals surface area contributed by atoms with Crippen LogP contribution in [0.4, 0.5) is 34.1 Å². The first-order valence-corrected chi connectivity index (χ1v) is 15.6. The van der Waals surface area contributed by atoms with Gasteiger partial charge < -0.3 is 19.1 Å². The number of ether oxygens (including phenoxy) is 3. The number of likely N-dealkylation sites (tertiary alicyclic amines) is 1. The van der Waals surface area contributed by atoms with Crippen molar-refractivity contribution in [1.82, 2.24) is 19.5 Å². The van der Waals surface area contributed by atoms with E-state index in [1.165, 1.54) is 30.0 Å². The van der Waals surface area contributed by atoms with E-state index in [0.717, 1.165) is 29.5 Å². The maximum atomic E-state index is 13.8. The van der Waals surface area contributed by atoms with Crippen molar-refractivity contribution >= 4 is 41.0 Å². The molecular weight excluding hydrogens is 611 g/mol. The molecule has 1 fully saturated rings. The summed E-state index contributed by atoms with van der Waals surface area (Å²) in [5.74, 6) is -0.607. The van der Waals surface area contributed by atoms with Gasteiger partial charge >= 0.3 is 18.5 Å². The number of imidazole rings is 1. The number of alkyl halides is 3. The van der Waals surface area contributed by atoms with Gasteiger partial charge in [0.05, 0.1) is 23.3 Å². The molecule has 0 bridgehead atoms. The van der Waals surface area contributed by atoms with Gasteiger partial charge in [0.1, 0.15) is 16.2 Å². The molecule has 0 radical (unpaired) electrons. The van der Waals surface area contributed by atoms with Crippen molar-refractivity contribution in [3.05, 3.63) is 42.2 Å². The largest absolute Gasteiger partial charge is 0.573 e. The molecule has 1 aliphatic heterocycles. The number of benzene rings is 1. The molecule has 1 unspecified atom stereocenters. The summed E-state index contributed by atoms with van der Waals surface area (Å²) in [6.45, 7) is 15.3. The first-order valence-electron chi connectivity index (χ1n) is 14.7. The fraction of sp³-hybridized carbons (Fsp3) is 0.548. The number of thioether (sulfide) groups is 1. The lowest BCUT2D eigenvalue weighted by atomic mass is 10.1. The standard InChI is InChI=1S/C31H40F3N5O5S/c1-19(2)23-17-35-26-22(38(28(41)44-30(6,7)8)21-13-9-10-14-24(21)42-31(32,33)34)16-25(36-39(23)26)45-20-12-11-15-37(18-20)27(40)43-29(3,4)5/h9-10,13-14,16-17,19-20H,11-12,15,18H2,1-8H3. The molecule has 10 nitrogen and oxygen atoms in total. The normalized spacial score (nSPS) is 16.2. The van der Waals surface area contributed by atoms with Crippen molar-refractivity contribution in [2.75, 3.05) is 18.0 Å². The van der Waals surface area contributed by atoms with Crippen LogP contribution in [-0.2, 0) is 9.47 Å². The number of anilines is 2. The van der Waals surface area contributed by atoms with Crippen LogP contribution in [0.15, 0.2) is 41.6 Å². The highest BCUT2D eigenvalue weighted by molar-refractivity contribution is 7.99. The number of amides is 2. The average Bonchev–Trinajstić information content (AvgIpc) is 3.32. The van der Waals surface area contributed by atoms with Gasteiger partial charge in [-0.05, 0) is 72.4 Å². The molecule has 1 aromatic carbocycles. The molecule has 14 heteroatoms. The number of halogens is 3. The molecule has 1 saturated heterocycles. The number of para-hydroxylation sites is 2. The number of hydrogen-bond donors (Lipinski definition) is 0. The van der Waals surface area contributed by atoms with Gasteiger partial charge in [0.15, 0.2) is 11.4 Å². The highest BCUT2D eigenvalue weighted by Crippen LogP contribution is 2.41. The van der Waals surface area contributed by atoms with Gasteiger partial charge in [0.2, 0.25) is 0 Å². The van der Waals surface area contributed by atoms with Crippen LogP contribution in [0.1, 0.15) is 79.8 Å². The Kier molecular flexibility index (Phi) is 9.86. The third-order valence-electron chi connectivity index (χ3n) is 6.51. The number of hydrogen-bond acceptors (Lipinski definition) is 8. The lowest BCUT2D eigenvalue weighted by Gasteiger charge is -2.33. The Morgan fingerprint density at radius 2 is 1.69 bits per heavy atom. The number of piperidine rings is 1. The van der Waals surface area contributed by atoms with Gasteiger partial charge in [0, 0.05) is 24.4 Å². The lowest BCUT2D eigenvalue weighted by Crippen LogP contribution is -2.43. The van der Waals surface area contributed by atoms with Gasteiger partial charge in [-0.1, -0.05) is 37.7 Å². The molecule has 0 N–H and O–H groups in total. The first kappa shape index (κ1) is 34.2. The third kappa shape index (κ3) is 8.95. The van der Waals surface area contributed by atoms with Gasteiger partial charge in [-0.3, -0.25) is 0 Å². The molecule has 3 aromatic rings. The zero-order chi connectivity index (χ0) is 33.3. The minimum absolute atomic E-state index is 0.0197. The van der Waals surface area contributed by atoms with E-state index in [1.54, 1.807) is 42.4 Å². The highest BCUT2D eigenvalue weighted by Gasteiger charge is 2.36. The molecule has 3 heterocycles. The summed E-state index contributed by atoms with van der Waals surface area (Å²) in [4.78, 5) is 33.9. The predicted octanol–water partition coefficient (Wildman–Crippen LogP) is 8.32. The van der Waals surface area contributed by atoms with Crippen LogP contribution >= 0.6 is 11.8 Å². The van der Waals surface area contributed by atoms with Gasteiger partial charge in [0.25, 0.3) is 0 Å². The quantitative estimate of drug-likeness (QED) is 0.263. The number of aromatic nitrogens is 3. The summed E-state index contributed by atoms with van der Waals surface area (Å²) in [6.07, 6.45) is -3.16. The smallest absolute Gasteiger partial charge is 0.444 e. The molecular formula is C31H40F3N5O5S. The minimum Gasteiger partial charge on any atom is -0.444 e. The lowest BCUT2D eigenvalue weighted by molar-refractivity contribution is -0.274. The fourth-order valence-corrected chi connectivity index (χ4v) is 5.94. The van der Waals surface area contributed by atoms with Crippen LogP contribution in [0.2, 0.25) is 0 Å². The van der Waals surface area contributed by atoms with E-state index >= 15 is 0 Å². The zero-order valence-electron chi connectivity index (χ0n) is 26.8. The van der Waals surface area contributed by atoms with Crippen LogP contribution in [0.25, 0.3) is 5.65 Å². The van der Waals surface area contributed by atoms with Crippen molar-refractivity contribution in [2.24, 2.45) is 0 Å². The van der Waals surface area contributed by atoms with Crippen LogP contribution < -0.4 is 9.64 Å². The van der Waals surface area contributed by atoms with Crippen LogP contribution in [-0.4, -0.2) is 67.6 Å². The van der Waals surface area contributed by atoms with E-state index < -0.39 is 35.5 Å². The minimum atomic E-state index is -5.01. The fourth-order valence-electron chi connectivity index (χ4n) is 4.75. The SMILES string of the molecule is CC(C)c1cnc2c(N(C(=O)OC(C)(C)C)c3ccccc3OC(F)(F)F)cc(SC3CCCN(C(=O)OC(C)(C)C)C3)nn12. The van der Waals surface area contributed by atoms with Gasteiger partial charge in [-0.2, -0.15) is 5.10 Å². The Morgan fingerprint density at radius 3 is 2.31 bits per heavy atom. The average molecular weight is 652 g/mol.